The number of halogens is 3. The molecular weight excluding hydrogens is 213 g/mol. The van der Waals surface area contributed by atoms with Gasteiger partial charge in [0.25, 0.3) is 0 Å². The topological polar surface area (TPSA) is 51.0 Å². The molecule has 0 aromatic carbocycles. The minimum atomic E-state index is -4.37. The second kappa shape index (κ2) is 4.28. The Kier molecular flexibility index (Phi) is 3.28. The van der Waals surface area contributed by atoms with Crippen molar-refractivity contribution >= 4 is 5.84 Å². The van der Waals surface area contributed by atoms with Gasteiger partial charge in [0.05, 0.1) is 0 Å². The molecule has 1 aliphatic heterocycles. The lowest BCUT2D eigenvalue weighted by atomic mass is 10.5. The van der Waals surface area contributed by atoms with E-state index in [1.807, 2.05) is 0 Å². The summed E-state index contributed by atoms with van der Waals surface area (Å²) in [5.41, 5.74) is 5.62. The average molecular weight is 223 g/mol. The van der Waals surface area contributed by atoms with Crippen LogP contribution in [0.15, 0.2) is 17.1 Å². The van der Waals surface area contributed by atoms with Gasteiger partial charge in [0.2, 0.25) is 5.88 Å². The molecule has 8 heteroatoms. The van der Waals surface area contributed by atoms with E-state index in [4.69, 9.17) is 0 Å². The van der Waals surface area contributed by atoms with Crippen molar-refractivity contribution in [3.63, 3.8) is 0 Å². The molecule has 85 valence electrons. The summed E-state index contributed by atoms with van der Waals surface area (Å²) >= 11 is 0. The van der Waals surface area contributed by atoms with Crippen LogP contribution in [-0.2, 0) is 4.74 Å². The maximum Gasteiger partial charge on any atom is 0.422 e. The average Bonchev–Trinajstić information content (AvgIpc) is 2.14. The van der Waals surface area contributed by atoms with Gasteiger partial charge in [-0.2, -0.15) is 13.2 Å². The number of hydrogen-bond acceptors (Lipinski definition) is 4. The number of nitrogens with one attached hydrogen (secondary N) is 1. The highest BCUT2D eigenvalue weighted by molar-refractivity contribution is 5.93. The third-order valence-electron chi connectivity index (χ3n) is 1.42. The van der Waals surface area contributed by atoms with Crippen LogP contribution in [0.3, 0.4) is 0 Å². The van der Waals surface area contributed by atoms with Crippen LogP contribution in [0, 0.1) is 0 Å². The van der Waals surface area contributed by atoms with Crippen molar-refractivity contribution in [2.75, 3.05) is 20.7 Å². The first-order valence-electron chi connectivity index (χ1n) is 4.01. The number of nitrogens with zero attached hydrogens (tertiary/aromatic N) is 3. The molecule has 0 aromatic rings. The molecule has 0 spiro atoms. The van der Waals surface area contributed by atoms with Gasteiger partial charge in [-0.3, -0.25) is 0 Å². The van der Waals surface area contributed by atoms with Gasteiger partial charge < -0.3 is 9.64 Å². The Bertz CT molecular complexity index is 284. The molecule has 0 saturated carbocycles. The Morgan fingerprint density at radius 1 is 1.47 bits per heavy atom. The first-order chi connectivity index (χ1) is 6.88. The van der Waals surface area contributed by atoms with Crippen molar-refractivity contribution in [3.8, 4) is 0 Å². The van der Waals surface area contributed by atoms with E-state index in [1.54, 1.807) is 19.0 Å². The van der Waals surface area contributed by atoms with Gasteiger partial charge in [0, 0.05) is 20.2 Å². The van der Waals surface area contributed by atoms with Gasteiger partial charge in [-0.25, -0.2) is 5.43 Å². The maximum absolute atomic E-state index is 11.8. The second-order valence-electron chi connectivity index (χ2n) is 2.98. The van der Waals surface area contributed by atoms with E-state index in [2.05, 4.69) is 20.8 Å². The summed E-state index contributed by atoms with van der Waals surface area (Å²) in [6.45, 7) is -1.36. The molecule has 0 unspecified atom stereocenters. The third-order valence-corrected chi connectivity index (χ3v) is 1.42. The first kappa shape index (κ1) is 11.5. The minimum absolute atomic E-state index is 0.0778. The zero-order chi connectivity index (χ0) is 11.5. The summed E-state index contributed by atoms with van der Waals surface area (Å²) < 4.78 is 39.9. The quantitative estimate of drug-likeness (QED) is 0.737. The van der Waals surface area contributed by atoms with Gasteiger partial charge in [-0.15, -0.1) is 5.10 Å². The smallest absolute Gasteiger partial charge is 0.422 e. The van der Waals surface area contributed by atoms with Crippen LogP contribution in [-0.4, -0.2) is 37.6 Å². The van der Waals surface area contributed by atoms with E-state index in [1.165, 1.54) is 6.08 Å². The van der Waals surface area contributed by atoms with E-state index < -0.39 is 12.8 Å². The van der Waals surface area contributed by atoms with Crippen LogP contribution >= 0.6 is 0 Å². The Morgan fingerprint density at radius 2 is 2.13 bits per heavy atom. The SMILES string of the molecule is CN(C)C1=N[N]NC(OCC(F)(F)F)=C1. The van der Waals surface area contributed by atoms with Crippen molar-refractivity contribution in [2.24, 2.45) is 5.10 Å². The van der Waals surface area contributed by atoms with Crippen molar-refractivity contribution < 1.29 is 17.9 Å². The summed E-state index contributed by atoms with van der Waals surface area (Å²) in [7, 11) is 3.38. The fourth-order valence-corrected chi connectivity index (χ4v) is 0.756. The lowest BCUT2D eigenvalue weighted by molar-refractivity contribution is -0.166. The predicted molar refractivity (Wildman–Crippen MR) is 46.5 cm³/mol. The van der Waals surface area contributed by atoms with Crippen molar-refractivity contribution in [1.29, 1.82) is 0 Å². The molecule has 0 saturated heterocycles. The summed E-state index contributed by atoms with van der Waals surface area (Å²) in [6.07, 6.45) is -3.03. The van der Waals surface area contributed by atoms with Crippen LogP contribution < -0.4 is 11.0 Å². The number of amidine groups is 1. The van der Waals surface area contributed by atoms with Crippen LogP contribution in [0.5, 0.6) is 0 Å². The van der Waals surface area contributed by atoms with Crippen molar-refractivity contribution in [2.45, 2.75) is 6.18 Å². The van der Waals surface area contributed by atoms with Gasteiger partial charge in [0.1, 0.15) is 0 Å². The number of rotatable bonds is 2. The standard InChI is InChI=1S/C7H10F3N4O/c1-14(2)5-3-6(12-13-11-5)15-4-7(8,9)10/h3,12H,4H2,1-2H3. The highest BCUT2D eigenvalue weighted by atomic mass is 19.4. The Balaban J connectivity index is 2.53. The Hall–Kier alpha value is -1.60. The largest absolute Gasteiger partial charge is 0.468 e. The highest BCUT2D eigenvalue weighted by Crippen LogP contribution is 2.16. The molecule has 1 aliphatic rings. The van der Waals surface area contributed by atoms with Crippen LogP contribution in [0.25, 0.3) is 0 Å². The fourth-order valence-electron chi connectivity index (χ4n) is 0.756. The van der Waals surface area contributed by atoms with Gasteiger partial charge in [-0.1, -0.05) is 5.53 Å². The molecular formula is C7H10F3N4O. The molecule has 1 heterocycles. The summed E-state index contributed by atoms with van der Waals surface area (Å²) in [4.78, 5) is 1.60. The molecule has 1 rings (SSSR count). The molecule has 0 aliphatic carbocycles. The highest BCUT2D eigenvalue weighted by Gasteiger charge is 2.29. The molecule has 0 fully saturated rings. The van der Waals surface area contributed by atoms with Crippen molar-refractivity contribution in [3.05, 3.63) is 12.0 Å². The summed E-state index contributed by atoms with van der Waals surface area (Å²) in [5.74, 6) is 0.331. The number of hydrogen-bond donors (Lipinski definition) is 1. The maximum atomic E-state index is 11.8. The molecule has 0 bridgehead atoms. The zero-order valence-electron chi connectivity index (χ0n) is 8.17. The van der Waals surface area contributed by atoms with E-state index in [-0.39, 0.29) is 5.88 Å². The lowest BCUT2D eigenvalue weighted by Crippen LogP contribution is -2.34. The van der Waals surface area contributed by atoms with Crippen LogP contribution in [0.2, 0.25) is 0 Å². The minimum Gasteiger partial charge on any atom is -0.468 e. The summed E-state index contributed by atoms with van der Waals surface area (Å²) in [5, 5.41) is 3.64. The van der Waals surface area contributed by atoms with Gasteiger partial charge in [-0.05, 0) is 0 Å². The number of likely N-dealkylation sites (N-methyl/N-ethyl adjacent to an activating group) is 1. The monoisotopic (exact) mass is 223 g/mol. The molecule has 15 heavy (non-hydrogen) atoms. The van der Waals surface area contributed by atoms with E-state index >= 15 is 0 Å². The normalized spacial score (nSPS) is 15.8. The van der Waals surface area contributed by atoms with Gasteiger partial charge >= 0.3 is 6.18 Å². The molecule has 0 atom stereocenters. The number of ether oxygens (including phenoxy) is 1. The molecule has 0 amide bonds. The zero-order valence-corrected chi connectivity index (χ0v) is 8.17. The Labute approximate surface area is 84.5 Å². The molecule has 0 aromatic heterocycles. The van der Waals surface area contributed by atoms with E-state index in [0.29, 0.717) is 5.84 Å². The summed E-state index contributed by atoms with van der Waals surface area (Å²) in [6, 6.07) is 0. The lowest BCUT2D eigenvalue weighted by Gasteiger charge is -2.19. The number of alkyl halides is 3. The Morgan fingerprint density at radius 3 is 2.67 bits per heavy atom. The molecule has 5 nitrogen and oxygen atoms in total. The van der Waals surface area contributed by atoms with Crippen LogP contribution in [0.1, 0.15) is 0 Å². The predicted octanol–water partition coefficient (Wildman–Crippen LogP) is 0.404. The van der Waals surface area contributed by atoms with Gasteiger partial charge in [0.15, 0.2) is 12.4 Å². The van der Waals surface area contributed by atoms with E-state index in [0.717, 1.165) is 0 Å². The van der Waals surface area contributed by atoms with Crippen molar-refractivity contribution in [1.82, 2.24) is 15.9 Å². The second-order valence-corrected chi connectivity index (χ2v) is 2.98. The first-order valence-corrected chi connectivity index (χ1v) is 4.01. The molecule has 1 N–H and O–H groups in total. The molecule has 1 radical (unpaired) electrons. The third kappa shape index (κ3) is 3.96. The van der Waals surface area contributed by atoms with Crippen LogP contribution in [0.4, 0.5) is 13.2 Å². The van der Waals surface area contributed by atoms with E-state index in [9.17, 15) is 13.2 Å². The fraction of sp³-hybridized carbons (Fsp3) is 0.571.